The van der Waals surface area contributed by atoms with E-state index in [-0.39, 0.29) is 16.7 Å². The number of fused-ring (bicyclic) bond motifs is 1. The molecule has 0 atom stereocenters. The number of nitrogens with zero attached hydrogens (tertiary/aromatic N) is 2. The van der Waals surface area contributed by atoms with Crippen molar-refractivity contribution in [2.45, 2.75) is 19.9 Å². The van der Waals surface area contributed by atoms with Crippen molar-refractivity contribution < 1.29 is 14.6 Å². The van der Waals surface area contributed by atoms with Gasteiger partial charge in [0, 0.05) is 34.2 Å². The summed E-state index contributed by atoms with van der Waals surface area (Å²) in [7, 11) is 2.05. The fourth-order valence-electron chi connectivity index (χ4n) is 2.83. The predicted octanol–water partition coefficient (Wildman–Crippen LogP) is 4.78. The Labute approximate surface area is 169 Å². The van der Waals surface area contributed by atoms with Gasteiger partial charge >= 0.3 is 5.97 Å². The number of ether oxygens (including phenoxy) is 1. The molecule has 0 aliphatic carbocycles. The molecule has 0 radical (unpaired) electrons. The summed E-state index contributed by atoms with van der Waals surface area (Å²) in [5.74, 6) is -0.393. The van der Waals surface area contributed by atoms with Gasteiger partial charge in [-0.2, -0.15) is 0 Å². The number of halogens is 2. The van der Waals surface area contributed by atoms with Crippen LogP contribution in [-0.2, 0) is 17.7 Å². The number of carbonyl (C=O) groups excluding carboxylic acids is 1. The Bertz CT molecular complexity index is 882. The van der Waals surface area contributed by atoms with Gasteiger partial charge in [0.2, 0.25) is 0 Å². The first-order chi connectivity index (χ1) is 12.4. The summed E-state index contributed by atoms with van der Waals surface area (Å²) < 4.78 is 5.97. The van der Waals surface area contributed by atoms with E-state index >= 15 is 0 Å². The normalized spacial score (nSPS) is 14.6. The van der Waals surface area contributed by atoms with E-state index in [2.05, 4.69) is 32.9 Å². The van der Waals surface area contributed by atoms with Crippen LogP contribution in [0.5, 0.6) is 5.75 Å². The van der Waals surface area contributed by atoms with Crippen LogP contribution in [0.4, 0.5) is 5.00 Å². The molecule has 1 aromatic heterocycles. The second-order valence-corrected chi connectivity index (χ2v) is 8.38. The summed E-state index contributed by atoms with van der Waals surface area (Å²) in [6.07, 6.45) is 2.32. The molecular formula is C18H18BrClN2O3S. The van der Waals surface area contributed by atoms with Crippen LogP contribution >= 0.6 is 38.9 Å². The first-order valence-electron chi connectivity index (χ1n) is 8.13. The third kappa shape index (κ3) is 3.96. The van der Waals surface area contributed by atoms with Crippen LogP contribution in [0.25, 0.3) is 0 Å². The third-order valence-corrected chi connectivity index (χ3v) is 5.96. The fourth-order valence-corrected chi connectivity index (χ4v) is 4.93. The highest BCUT2D eigenvalue weighted by Gasteiger charge is 2.27. The monoisotopic (exact) mass is 456 g/mol. The van der Waals surface area contributed by atoms with Gasteiger partial charge < -0.3 is 14.7 Å². The largest absolute Gasteiger partial charge is 0.506 e. The molecule has 0 bridgehead atoms. The molecule has 138 valence electrons. The van der Waals surface area contributed by atoms with E-state index in [1.54, 1.807) is 19.1 Å². The van der Waals surface area contributed by atoms with E-state index in [1.807, 2.05) is 0 Å². The molecule has 1 aliphatic rings. The quantitative estimate of drug-likeness (QED) is 0.530. The van der Waals surface area contributed by atoms with Crippen molar-refractivity contribution >= 4 is 56.1 Å². The van der Waals surface area contributed by atoms with Crippen molar-refractivity contribution in [3.8, 4) is 5.75 Å². The zero-order valence-electron chi connectivity index (χ0n) is 14.4. The van der Waals surface area contributed by atoms with Crippen molar-refractivity contribution in [2.24, 2.45) is 4.99 Å². The summed E-state index contributed by atoms with van der Waals surface area (Å²) >= 11 is 10.8. The average molecular weight is 458 g/mol. The molecule has 0 unspecified atom stereocenters. The number of aliphatic imine (C=N–C) groups is 1. The second-order valence-electron chi connectivity index (χ2n) is 5.98. The lowest BCUT2D eigenvalue weighted by atomic mass is 10.0. The Hall–Kier alpha value is -1.41. The summed E-state index contributed by atoms with van der Waals surface area (Å²) in [4.78, 5) is 20.3. The maximum absolute atomic E-state index is 12.5. The molecule has 26 heavy (non-hydrogen) atoms. The third-order valence-electron chi connectivity index (χ3n) is 4.09. The fraction of sp³-hybridized carbons (Fsp3) is 0.333. The van der Waals surface area contributed by atoms with Crippen LogP contribution in [0.2, 0.25) is 5.02 Å². The number of aromatic hydroxyl groups is 1. The molecular weight excluding hydrogens is 440 g/mol. The lowest BCUT2D eigenvalue weighted by Gasteiger charge is -2.22. The number of rotatable bonds is 4. The van der Waals surface area contributed by atoms with E-state index in [9.17, 15) is 9.90 Å². The Morgan fingerprint density at radius 1 is 1.54 bits per heavy atom. The van der Waals surface area contributed by atoms with Gasteiger partial charge in [0.25, 0.3) is 0 Å². The maximum atomic E-state index is 12.5. The maximum Gasteiger partial charge on any atom is 0.341 e. The Balaban J connectivity index is 2.03. The van der Waals surface area contributed by atoms with E-state index in [4.69, 9.17) is 16.3 Å². The first kappa shape index (κ1) is 19.4. The summed E-state index contributed by atoms with van der Waals surface area (Å²) in [6, 6.07) is 3.33. The predicted molar refractivity (Wildman–Crippen MR) is 108 cm³/mol. The summed E-state index contributed by atoms with van der Waals surface area (Å²) in [5.41, 5.74) is 2.04. The molecule has 1 aliphatic heterocycles. The number of hydrogen-bond acceptors (Lipinski definition) is 6. The van der Waals surface area contributed by atoms with Gasteiger partial charge in [-0.25, -0.2) is 9.79 Å². The number of likely N-dealkylation sites (N-methyl/N-ethyl adjacent to an activating group) is 1. The topological polar surface area (TPSA) is 62.1 Å². The molecule has 0 fully saturated rings. The van der Waals surface area contributed by atoms with Gasteiger partial charge in [0.1, 0.15) is 10.8 Å². The van der Waals surface area contributed by atoms with Crippen molar-refractivity contribution in [2.75, 3.05) is 20.2 Å². The van der Waals surface area contributed by atoms with Crippen molar-refractivity contribution in [1.29, 1.82) is 0 Å². The standard InChI is InChI=1S/C18H18BrClN2O3S/c1-3-25-18(24)15-12-4-5-22(2)9-14(12)26-17(15)21-8-10-6-11(19)7-13(20)16(10)23/h6-8,23H,3-5,9H2,1-2H3/b21-8+. The van der Waals surface area contributed by atoms with Gasteiger partial charge in [-0.05, 0) is 38.1 Å². The highest BCUT2D eigenvalue weighted by Crippen LogP contribution is 2.39. The van der Waals surface area contributed by atoms with Crippen LogP contribution in [0.1, 0.15) is 33.3 Å². The molecule has 2 aromatic rings. The lowest BCUT2D eigenvalue weighted by Crippen LogP contribution is -2.26. The number of phenolic OH excluding ortho intramolecular Hbond substituents is 1. The number of carbonyl (C=O) groups is 1. The van der Waals surface area contributed by atoms with Crippen LogP contribution in [-0.4, -0.2) is 42.4 Å². The van der Waals surface area contributed by atoms with Gasteiger partial charge in [0.15, 0.2) is 0 Å². The summed E-state index contributed by atoms with van der Waals surface area (Å²) in [6.45, 7) is 3.78. The smallest absolute Gasteiger partial charge is 0.341 e. The number of thiophene rings is 1. The van der Waals surface area contributed by atoms with Crippen LogP contribution < -0.4 is 0 Å². The molecule has 5 nitrogen and oxygen atoms in total. The Morgan fingerprint density at radius 3 is 3.04 bits per heavy atom. The number of phenols is 1. The zero-order valence-corrected chi connectivity index (χ0v) is 17.5. The van der Waals surface area contributed by atoms with E-state index in [0.717, 1.165) is 34.4 Å². The number of hydrogen-bond donors (Lipinski definition) is 1. The molecule has 0 saturated carbocycles. The van der Waals surface area contributed by atoms with Gasteiger partial charge in [-0.3, -0.25) is 0 Å². The molecule has 0 spiro atoms. The van der Waals surface area contributed by atoms with E-state index in [1.165, 1.54) is 17.6 Å². The minimum atomic E-state index is -0.349. The van der Waals surface area contributed by atoms with Crippen LogP contribution in [0.3, 0.4) is 0 Å². The minimum Gasteiger partial charge on any atom is -0.506 e. The Kier molecular flexibility index (Phi) is 6.02. The SMILES string of the molecule is CCOC(=O)c1c(/N=C/c2cc(Br)cc(Cl)c2O)sc2c1CCN(C)C2. The molecule has 8 heteroatoms. The molecule has 0 amide bonds. The summed E-state index contributed by atoms with van der Waals surface area (Å²) in [5, 5.41) is 11.0. The molecule has 1 aromatic carbocycles. The van der Waals surface area contributed by atoms with Crippen LogP contribution in [0.15, 0.2) is 21.6 Å². The van der Waals surface area contributed by atoms with Gasteiger partial charge in [0.05, 0.1) is 17.2 Å². The molecule has 0 saturated heterocycles. The number of esters is 1. The zero-order chi connectivity index (χ0) is 18.8. The molecule has 3 rings (SSSR count). The van der Waals surface area contributed by atoms with Crippen molar-refractivity contribution in [1.82, 2.24) is 4.90 Å². The highest BCUT2D eigenvalue weighted by molar-refractivity contribution is 9.10. The van der Waals surface area contributed by atoms with Gasteiger partial charge in [-0.15, -0.1) is 11.3 Å². The lowest BCUT2D eigenvalue weighted by molar-refractivity contribution is 0.0526. The first-order valence-corrected chi connectivity index (χ1v) is 10.1. The second kappa shape index (κ2) is 8.08. The molecule has 2 heterocycles. The van der Waals surface area contributed by atoms with Crippen molar-refractivity contribution in [3.05, 3.63) is 43.2 Å². The number of benzene rings is 1. The minimum absolute atomic E-state index is 0.0441. The van der Waals surface area contributed by atoms with Crippen molar-refractivity contribution in [3.63, 3.8) is 0 Å². The Morgan fingerprint density at radius 2 is 2.31 bits per heavy atom. The highest BCUT2D eigenvalue weighted by atomic mass is 79.9. The van der Waals surface area contributed by atoms with E-state index in [0.29, 0.717) is 22.7 Å². The molecule has 1 N–H and O–H groups in total. The van der Waals surface area contributed by atoms with Crippen LogP contribution in [0, 0.1) is 0 Å². The van der Waals surface area contributed by atoms with Gasteiger partial charge in [-0.1, -0.05) is 27.5 Å². The average Bonchev–Trinajstić information content (AvgIpc) is 2.94. The van der Waals surface area contributed by atoms with E-state index < -0.39 is 0 Å².